The molecule has 1 N–H and O–H groups in total. The molecule has 8 nitrogen and oxygen atoms in total. The van der Waals surface area contributed by atoms with Crippen LogP contribution in [0.4, 0.5) is 0 Å². The Balaban J connectivity index is 1.76. The van der Waals surface area contributed by atoms with Gasteiger partial charge in [0.25, 0.3) is 0 Å². The fourth-order valence-corrected chi connectivity index (χ4v) is 5.17. The number of sulfonamides is 1. The monoisotopic (exact) mass is 445 g/mol. The van der Waals surface area contributed by atoms with Crippen molar-refractivity contribution >= 4 is 16.0 Å². The van der Waals surface area contributed by atoms with Gasteiger partial charge < -0.3 is 19.9 Å². The molecule has 0 bridgehead atoms. The number of ether oxygens (including phenoxy) is 1. The summed E-state index contributed by atoms with van der Waals surface area (Å²) in [7, 11) is -3.26. The van der Waals surface area contributed by atoms with Gasteiger partial charge in [0, 0.05) is 39.3 Å². The molecule has 0 unspecified atom stereocenters. The van der Waals surface area contributed by atoms with E-state index in [2.05, 4.69) is 29.0 Å². The number of guanidine groups is 1. The number of hydrogen-bond donors (Lipinski definition) is 1. The minimum atomic E-state index is -3.26. The van der Waals surface area contributed by atoms with E-state index in [1.807, 2.05) is 13.8 Å². The van der Waals surface area contributed by atoms with E-state index in [0.29, 0.717) is 26.2 Å². The lowest BCUT2D eigenvalue weighted by Gasteiger charge is -2.36. The highest BCUT2D eigenvalue weighted by Gasteiger charge is 2.28. The van der Waals surface area contributed by atoms with Crippen LogP contribution in [0.1, 0.15) is 47.0 Å². The minimum absolute atomic E-state index is 0.0502. The predicted molar refractivity (Wildman–Crippen MR) is 123 cm³/mol. The van der Waals surface area contributed by atoms with Gasteiger partial charge in [-0.2, -0.15) is 4.31 Å². The molecular weight excluding hydrogens is 402 g/mol. The third-order valence-electron chi connectivity index (χ3n) is 5.83. The molecule has 0 saturated carbocycles. The van der Waals surface area contributed by atoms with Gasteiger partial charge in [0.05, 0.1) is 18.5 Å². The van der Waals surface area contributed by atoms with Gasteiger partial charge in [-0.3, -0.25) is 4.99 Å². The second-order valence-electron chi connectivity index (χ2n) is 8.74. The number of hydrogen-bond acceptors (Lipinski definition) is 5. The Kier molecular flexibility index (Phi) is 10.8. The molecule has 9 heteroatoms. The topological polar surface area (TPSA) is 77.5 Å². The number of aliphatic imine (C=N–C) groups is 1. The molecule has 0 radical (unpaired) electrons. The van der Waals surface area contributed by atoms with Gasteiger partial charge in [-0.1, -0.05) is 6.92 Å². The van der Waals surface area contributed by atoms with Gasteiger partial charge in [0.1, 0.15) is 0 Å². The third kappa shape index (κ3) is 8.69. The van der Waals surface area contributed by atoms with Crippen molar-refractivity contribution in [2.24, 2.45) is 10.9 Å². The van der Waals surface area contributed by atoms with Crippen LogP contribution in [0.3, 0.4) is 0 Å². The van der Waals surface area contributed by atoms with Gasteiger partial charge in [-0.05, 0) is 65.6 Å². The van der Waals surface area contributed by atoms with Crippen molar-refractivity contribution in [1.29, 1.82) is 0 Å². The summed E-state index contributed by atoms with van der Waals surface area (Å²) < 4.78 is 32.1. The van der Waals surface area contributed by atoms with Gasteiger partial charge in [0.15, 0.2) is 5.96 Å². The van der Waals surface area contributed by atoms with E-state index in [0.717, 1.165) is 37.9 Å². The summed E-state index contributed by atoms with van der Waals surface area (Å²) in [6.45, 7) is 16.0. The van der Waals surface area contributed by atoms with Crippen molar-refractivity contribution in [3.05, 3.63) is 0 Å². The fraction of sp³-hybridized carbons (Fsp3) is 0.952. The highest BCUT2D eigenvalue weighted by Crippen LogP contribution is 2.16. The SMILES string of the molecule is CCNC(=NCCCN1CCC(C)CC1)N1CCN(S(=O)(=O)CCOC(C)C)CC1. The molecule has 0 aliphatic carbocycles. The molecule has 0 aromatic heterocycles. The van der Waals surface area contributed by atoms with Crippen LogP contribution in [0.15, 0.2) is 4.99 Å². The summed E-state index contributed by atoms with van der Waals surface area (Å²) in [5.74, 6) is 1.82. The number of piperidine rings is 1. The van der Waals surface area contributed by atoms with Crippen LogP contribution in [0.25, 0.3) is 0 Å². The maximum Gasteiger partial charge on any atom is 0.216 e. The summed E-state index contributed by atoms with van der Waals surface area (Å²) >= 11 is 0. The number of nitrogens with zero attached hydrogens (tertiary/aromatic N) is 4. The number of likely N-dealkylation sites (tertiary alicyclic amines) is 1. The third-order valence-corrected chi connectivity index (χ3v) is 7.66. The van der Waals surface area contributed by atoms with Crippen LogP contribution in [0, 0.1) is 5.92 Å². The van der Waals surface area contributed by atoms with E-state index < -0.39 is 10.0 Å². The predicted octanol–water partition coefficient (Wildman–Crippen LogP) is 1.45. The molecule has 2 aliphatic heterocycles. The molecular formula is C21H43N5O3S. The zero-order valence-electron chi connectivity index (χ0n) is 19.5. The number of rotatable bonds is 10. The fourth-order valence-electron chi connectivity index (χ4n) is 3.89. The van der Waals surface area contributed by atoms with Crippen LogP contribution >= 0.6 is 0 Å². The molecule has 176 valence electrons. The van der Waals surface area contributed by atoms with Crippen molar-refractivity contribution in [2.45, 2.75) is 53.1 Å². The smallest absolute Gasteiger partial charge is 0.216 e. The summed E-state index contributed by atoms with van der Waals surface area (Å²) in [5, 5.41) is 3.37. The Labute approximate surface area is 184 Å². The first-order valence-corrected chi connectivity index (χ1v) is 13.3. The van der Waals surface area contributed by atoms with Gasteiger partial charge in [0.2, 0.25) is 10.0 Å². The van der Waals surface area contributed by atoms with Crippen molar-refractivity contribution < 1.29 is 13.2 Å². The van der Waals surface area contributed by atoms with Crippen molar-refractivity contribution in [3.8, 4) is 0 Å². The van der Waals surface area contributed by atoms with E-state index in [1.165, 1.54) is 25.9 Å². The molecule has 0 aromatic carbocycles. The lowest BCUT2D eigenvalue weighted by atomic mass is 9.99. The van der Waals surface area contributed by atoms with Crippen LogP contribution in [-0.4, -0.2) is 106 Å². The summed E-state index contributed by atoms with van der Waals surface area (Å²) in [6, 6.07) is 0. The molecule has 2 fully saturated rings. The minimum Gasteiger partial charge on any atom is -0.378 e. The van der Waals surface area contributed by atoms with Crippen LogP contribution in [0.2, 0.25) is 0 Å². The van der Waals surface area contributed by atoms with Crippen molar-refractivity contribution in [2.75, 3.05) is 71.3 Å². The van der Waals surface area contributed by atoms with Crippen molar-refractivity contribution in [3.63, 3.8) is 0 Å². The van der Waals surface area contributed by atoms with Crippen LogP contribution < -0.4 is 5.32 Å². The molecule has 0 aromatic rings. The molecule has 2 rings (SSSR count). The largest absolute Gasteiger partial charge is 0.378 e. The first-order chi connectivity index (χ1) is 14.3. The second kappa shape index (κ2) is 12.8. The first kappa shape index (κ1) is 25.4. The van der Waals surface area contributed by atoms with E-state index in [4.69, 9.17) is 9.73 Å². The molecule has 2 saturated heterocycles. The lowest BCUT2D eigenvalue weighted by molar-refractivity contribution is 0.0904. The highest BCUT2D eigenvalue weighted by atomic mass is 32.2. The van der Waals surface area contributed by atoms with Gasteiger partial charge >= 0.3 is 0 Å². The molecule has 0 spiro atoms. The second-order valence-corrected chi connectivity index (χ2v) is 10.8. The summed E-state index contributed by atoms with van der Waals surface area (Å²) in [6.07, 6.45) is 3.73. The highest BCUT2D eigenvalue weighted by molar-refractivity contribution is 7.89. The van der Waals surface area contributed by atoms with E-state index in [-0.39, 0.29) is 18.5 Å². The quantitative estimate of drug-likeness (QED) is 0.312. The van der Waals surface area contributed by atoms with Crippen LogP contribution in [-0.2, 0) is 14.8 Å². The molecule has 2 aliphatic rings. The number of piperazine rings is 1. The zero-order valence-corrected chi connectivity index (χ0v) is 20.3. The molecule has 2 heterocycles. The van der Waals surface area contributed by atoms with E-state index in [9.17, 15) is 8.42 Å². The maximum atomic E-state index is 12.5. The Bertz CT molecular complexity index is 610. The van der Waals surface area contributed by atoms with Gasteiger partial charge in [-0.15, -0.1) is 0 Å². The standard InChI is InChI=1S/C21H43N5O3S/c1-5-22-21(23-9-6-10-24-11-7-20(4)8-12-24)25-13-15-26(16-14-25)30(27,28)18-17-29-19(2)3/h19-20H,5-18H2,1-4H3,(H,22,23). The average molecular weight is 446 g/mol. The Hall–Kier alpha value is -0.900. The maximum absolute atomic E-state index is 12.5. The number of nitrogens with one attached hydrogen (secondary N) is 1. The van der Waals surface area contributed by atoms with Crippen LogP contribution in [0.5, 0.6) is 0 Å². The van der Waals surface area contributed by atoms with E-state index in [1.54, 1.807) is 4.31 Å². The zero-order chi connectivity index (χ0) is 22.0. The molecule has 30 heavy (non-hydrogen) atoms. The first-order valence-electron chi connectivity index (χ1n) is 11.7. The van der Waals surface area contributed by atoms with Gasteiger partial charge in [-0.25, -0.2) is 8.42 Å². The lowest BCUT2D eigenvalue weighted by Crippen LogP contribution is -2.54. The summed E-state index contributed by atoms with van der Waals surface area (Å²) in [4.78, 5) is 9.54. The summed E-state index contributed by atoms with van der Waals surface area (Å²) in [5.41, 5.74) is 0. The average Bonchev–Trinajstić information content (AvgIpc) is 2.71. The molecule has 0 amide bonds. The normalized spacial score (nSPS) is 20.8. The molecule has 0 atom stereocenters. The van der Waals surface area contributed by atoms with E-state index >= 15 is 0 Å². The van der Waals surface area contributed by atoms with Crippen molar-refractivity contribution in [1.82, 2.24) is 19.4 Å². The Morgan fingerprint density at radius 2 is 1.80 bits per heavy atom. The Morgan fingerprint density at radius 1 is 1.13 bits per heavy atom. The Morgan fingerprint density at radius 3 is 2.40 bits per heavy atom.